The first-order valence-electron chi connectivity index (χ1n) is 6.61. The highest BCUT2D eigenvalue weighted by atomic mass is 14.5. The van der Waals surface area contributed by atoms with E-state index in [0.717, 1.165) is 35.5 Å². The smallest absolute Gasteiger partial charge is 0.0355 e. The van der Waals surface area contributed by atoms with Crippen LogP contribution in [0.25, 0.3) is 0 Å². The third-order valence-electron chi connectivity index (χ3n) is 5.16. The van der Waals surface area contributed by atoms with Crippen LogP contribution < -0.4 is 0 Å². The van der Waals surface area contributed by atoms with Crippen molar-refractivity contribution in [3.05, 3.63) is 0 Å². The monoisotopic (exact) mass is 194 g/mol. The minimum absolute atomic E-state index is 0.900. The molecule has 0 spiro atoms. The maximum Gasteiger partial charge on any atom is -0.0355 e. The predicted molar refractivity (Wildman–Crippen MR) is 62.1 cm³/mol. The van der Waals surface area contributed by atoms with Crippen LogP contribution in [0, 0.1) is 35.5 Å². The van der Waals surface area contributed by atoms with Gasteiger partial charge >= 0.3 is 0 Å². The average Bonchev–Trinajstić information content (AvgIpc) is 2.57. The fourth-order valence-electron chi connectivity index (χ4n) is 4.28. The van der Waals surface area contributed by atoms with Gasteiger partial charge in [-0.25, -0.2) is 0 Å². The lowest BCUT2D eigenvalue weighted by Gasteiger charge is -2.28. The van der Waals surface area contributed by atoms with Gasteiger partial charge in [0.1, 0.15) is 0 Å². The molecule has 0 aliphatic heterocycles. The molecule has 0 amide bonds. The SMILES string of the molecule is CC(C)CC[C@@H]1C(C)[C@@H]2CC[C@@H]1[C@@H]2C. The van der Waals surface area contributed by atoms with Crippen LogP contribution in [0.5, 0.6) is 0 Å². The Kier molecular flexibility index (Phi) is 2.91. The molecule has 2 saturated carbocycles. The maximum atomic E-state index is 2.52. The normalized spacial score (nSPS) is 46.5. The van der Waals surface area contributed by atoms with E-state index in [2.05, 4.69) is 27.7 Å². The van der Waals surface area contributed by atoms with Crippen molar-refractivity contribution < 1.29 is 0 Å². The summed E-state index contributed by atoms with van der Waals surface area (Å²) in [5.74, 6) is 6.22. The Morgan fingerprint density at radius 2 is 1.64 bits per heavy atom. The minimum atomic E-state index is 0.900. The molecular weight excluding hydrogens is 168 g/mol. The highest BCUT2D eigenvalue weighted by Gasteiger charge is 2.49. The van der Waals surface area contributed by atoms with Crippen LogP contribution >= 0.6 is 0 Å². The van der Waals surface area contributed by atoms with Crippen LogP contribution in [-0.2, 0) is 0 Å². The highest BCUT2D eigenvalue weighted by Crippen LogP contribution is 2.57. The lowest BCUT2D eigenvalue weighted by molar-refractivity contribution is 0.214. The van der Waals surface area contributed by atoms with Crippen LogP contribution in [0.15, 0.2) is 0 Å². The Balaban J connectivity index is 1.93. The summed E-state index contributed by atoms with van der Waals surface area (Å²) in [5.41, 5.74) is 0. The molecule has 0 aromatic heterocycles. The van der Waals surface area contributed by atoms with Gasteiger partial charge in [0.05, 0.1) is 0 Å². The first-order valence-corrected chi connectivity index (χ1v) is 6.61. The van der Waals surface area contributed by atoms with Crippen LogP contribution in [0.3, 0.4) is 0 Å². The topological polar surface area (TPSA) is 0 Å². The van der Waals surface area contributed by atoms with Gasteiger partial charge in [-0.2, -0.15) is 0 Å². The number of hydrogen-bond donors (Lipinski definition) is 0. The fraction of sp³-hybridized carbons (Fsp3) is 1.00. The second kappa shape index (κ2) is 3.87. The zero-order valence-electron chi connectivity index (χ0n) is 10.3. The Morgan fingerprint density at radius 1 is 1.00 bits per heavy atom. The molecule has 2 aliphatic carbocycles. The Labute approximate surface area is 89.5 Å². The average molecular weight is 194 g/mol. The molecule has 0 heteroatoms. The molecule has 2 rings (SSSR count). The van der Waals surface area contributed by atoms with Gasteiger partial charge in [-0.15, -0.1) is 0 Å². The molecule has 14 heavy (non-hydrogen) atoms. The van der Waals surface area contributed by atoms with E-state index in [-0.39, 0.29) is 0 Å². The molecule has 2 aliphatic rings. The van der Waals surface area contributed by atoms with Crippen LogP contribution in [0.4, 0.5) is 0 Å². The molecule has 0 nitrogen and oxygen atoms in total. The van der Waals surface area contributed by atoms with Crippen molar-refractivity contribution in [2.24, 2.45) is 35.5 Å². The van der Waals surface area contributed by atoms with Gasteiger partial charge in [0.2, 0.25) is 0 Å². The minimum Gasteiger partial charge on any atom is -0.0628 e. The molecule has 0 aromatic rings. The van der Waals surface area contributed by atoms with Gasteiger partial charge in [-0.1, -0.05) is 34.1 Å². The fourth-order valence-corrected chi connectivity index (χ4v) is 4.28. The van der Waals surface area contributed by atoms with Crippen LogP contribution in [0.2, 0.25) is 0 Å². The third kappa shape index (κ3) is 1.61. The van der Waals surface area contributed by atoms with E-state index in [1.54, 1.807) is 6.42 Å². The van der Waals surface area contributed by atoms with Gasteiger partial charge in [0.25, 0.3) is 0 Å². The van der Waals surface area contributed by atoms with E-state index in [9.17, 15) is 0 Å². The summed E-state index contributed by atoms with van der Waals surface area (Å²) in [5, 5.41) is 0. The predicted octanol–water partition coefficient (Wildman–Crippen LogP) is 4.35. The van der Waals surface area contributed by atoms with E-state index in [4.69, 9.17) is 0 Å². The molecule has 5 atom stereocenters. The van der Waals surface area contributed by atoms with Crippen molar-refractivity contribution in [3.8, 4) is 0 Å². The third-order valence-corrected chi connectivity index (χ3v) is 5.16. The Bertz CT molecular complexity index is 194. The van der Waals surface area contributed by atoms with E-state index < -0.39 is 0 Å². The quantitative estimate of drug-likeness (QED) is 0.626. The standard InChI is InChI=1S/C14H26/c1-9(2)5-6-13-10(3)12-7-8-14(13)11(12)4/h9-14H,5-8H2,1-4H3/t10?,11-,12+,13-,14-/m1/s1. The van der Waals surface area contributed by atoms with Crippen molar-refractivity contribution in [1.82, 2.24) is 0 Å². The first kappa shape index (κ1) is 10.5. The van der Waals surface area contributed by atoms with E-state index in [1.807, 2.05) is 0 Å². The maximum absolute atomic E-state index is 2.52. The molecule has 2 bridgehead atoms. The van der Waals surface area contributed by atoms with Crippen molar-refractivity contribution in [1.29, 1.82) is 0 Å². The summed E-state index contributed by atoms with van der Waals surface area (Å²) in [6.45, 7) is 9.75. The van der Waals surface area contributed by atoms with Crippen molar-refractivity contribution in [2.75, 3.05) is 0 Å². The van der Waals surface area contributed by atoms with Gasteiger partial charge in [-0.3, -0.25) is 0 Å². The molecule has 0 radical (unpaired) electrons. The summed E-state index contributed by atoms with van der Waals surface area (Å²) in [4.78, 5) is 0. The Morgan fingerprint density at radius 3 is 2.14 bits per heavy atom. The molecular formula is C14H26. The zero-order valence-corrected chi connectivity index (χ0v) is 10.3. The van der Waals surface area contributed by atoms with Crippen LogP contribution in [0.1, 0.15) is 53.4 Å². The highest BCUT2D eigenvalue weighted by molar-refractivity contribution is 4.98. The van der Waals surface area contributed by atoms with E-state index in [0.29, 0.717) is 0 Å². The zero-order chi connectivity index (χ0) is 10.3. The summed E-state index contributed by atoms with van der Waals surface area (Å²) in [6, 6.07) is 0. The van der Waals surface area contributed by atoms with Crippen molar-refractivity contribution in [2.45, 2.75) is 53.4 Å². The first-order chi connectivity index (χ1) is 6.61. The molecule has 0 N–H and O–H groups in total. The molecule has 2 fully saturated rings. The van der Waals surface area contributed by atoms with Gasteiger partial charge in [0.15, 0.2) is 0 Å². The van der Waals surface area contributed by atoms with Gasteiger partial charge in [-0.05, 0) is 54.8 Å². The van der Waals surface area contributed by atoms with Crippen LogP contribution in [-0.4, -0.2) is 0 Å². The van der Waals surface area contributed by atoms with Crippen molar-refractivity contribution in [3.63, 3.8) is 0 Å². The summed E-state index contributed by atoms with van der Waals surface area (Å²) in [6.07, 6.45) is 6.03. The molecule has 82 valence electrons. The number of hydrogen-bond acceptors (Lipinski definition) is 0. The second-order valence-corrected chi connectivity index (χ2v) is 6.26. The van der Waals surface area contributed by atoms with E-state index >= 15 is 0 Å². The number of fused-ring (bicyclic) bond motifs is 2. The van der Waals surface area contributed by atoms with Gasteiger partial charge < -0.3 is 0 Å². The molecule has 1 unspecified atom stereocenters. The largest absolute Gasteiger partial charge is 0.0628 e. The lowest BCUT2D eigenvalue weighted by atomic mass is 9.77. The lowest BCUT2D eigenvalue weighted by Crippen LogP contribution is -2.20. The second-order valence-electron chi connectivity index (χ2n) is 6.26. The summed E-state index contributed by atoms with van der Waals surface area (Å²) in [7, 11) is 0. The van der Waals surface area contributed by atoms with E-state index in [1.165, 1.54) is 19.3 Å². The van der Waals surface area contributed by atoms with Gasteiger partial charge in [0, 0.05) is 0 Å². The molecule has 0 heterocycles. The number of rotatable bonds is 3. The Hall–Kier alpha value is 0. The molecule has 0 saturated heterocycles. The van der Waals surface area contributed by atoms with Crippen molar-refractivity contribution >= 4 is 0 Å². The molecule has 0 aromatic carbocycles. The summed E-state index contributed by atoms with van der Waals surface area (Å²) >= 11 is 0. The summed E-state index contributed by atoms with van der Waals surface area (Å²) < 4.78 is 0.